The molecular formula is C23H20ClN5O2. The van der Waals surface area contributed by atoms with Gasteiger partial charge in [-0.3, -0.25) is 9.78 Å². The molecule has 1 amide bonds. The number of nitrogens with zero attached hydrogens (tertiary/aromatic N) is 4. The molecule has 0 radical (unpaired) electrons. The first-order valence-electron chi connectivity index (χ1n) is 9.69. The lowest BCUT2D eigenvalue weighted by molar-refractivity contribution is 0.0949. The molecule has 0 bridgehead atoms. The van der Waals surface area contributed by atoms with E-state index >= 15 is 0 Å². The Morgan fingerprint density at radius 2 is 1.87 bits per heavy atom. The Kier molecular flexibility index (Phi) is 6.24. The van der Waals surface area contributed by atoms with Crippen LogP contribution >= 0.6 is 11.6 Å². The normalized spacial score (nSPS) is 10.6. The third-order valence-corrected chi connectivity index (χ3v) is 5.00. The van der Waals surface area contributed by atoms with Gasteiger partial charge in [-0.15, -0.1) is 5.10 Å². The van der Waals surface area contributed by atoms with Crippen molar-refractivity contribution in [2.75, 3.05) is 13.7 Å². The number of ether oxygens (including phenoxy) is 1. The Morgan fingerprint density at radius 3 is 2.55 bits per heavy atom. The smallest absolute Gasteiger partial charge is 0.274 e. The fourth-order valence-electron chi connectivity index (χ4n) is 3.16. The fourth-order valence-corrected chi connectivity index (χ4v) is 3.28. The monoisotopic (exact) mass is 433 g/mol. The van der Waals surface area contributed by atoms with Crippen molar-refractivity contribution in [2.45, 2.75) is 6.42 Å². The van der Waals surface area contributed by atoms with Crippen LogP contribution in [0.25, 0.3) is 16.9 Å². The van der Waals surface area contributed by atoms with Gasteiger partial charge in [0, 0.05) is 29.5 Å². The summed E-state index contributed by atoms with van der Waals surface area (Å²) in [5.74, 6) is 0.430. The van der Waals surface area contributed by atoms with Gasteiger partial charge in [-0.2, -0.15) is 0 Å². The van der Waals surface area contributed by atoms with Gasteiger partial charge in [-0.05, 0) is 60.5 Å². The summed E-state index contributed by atoms with van der Waals surface area (Å²) in [6.07, 6.45) is 4.04. The summed E-state index contributed by atoms with van der Waals surface area (Å²) in [7, 11) is 1.61. The van der Waals surface area contributed by atoms with Crippen LogP contribution in [0, 0.1) is 0 Å². The molecule has 0 spiro atoms. The molecule has 4 rings (SSSR count). The third-order valence-electron chi connectivity index (χ3n) is 4.75. The van der Waals surface area contributed by atoms with Gasteiger partial charge in [0.15, 0.2) is 5.69 Å². The standard InChI is InChI=1S/C23H20ClN5O2/c1-31-20-10-8-19(9-11-20)29-22(17-3-2-13-25-15-17)21(27-28-29)23(30)26-14-12-16-4-6-18(24)7-5-16/h2-11,13,15H,12,14H2,1H3,(H,26,30). The van der Waals surface area contributed by atoms with E-state index in [0.29, 0.717) is 23.7 Å². The van der Waals surface area contributed by atoms with Crippen LogP contribution < -0.4 is 10.1 Å². The van der Waals surface area contributed by atoms with Crippen molar-refractivity contribution in [1.29, 1.82) is 0 Å². The molecule has 2 heterocycles. The van der Waals surface area contributed by atoms with Gasteiger partial charge in [0.1, 0.15) is 11.4 Å². The molecule has 31 heavy (non-hydrogen) atoms. The molecule has 1 N–H and O–H groups in total. The van der Waals surface area contributed by atoms with Gasteiger partial charge in [0.25, 0.3) is 5.91 Å². The first-order chi connectivity index (χ1) is 15.2. The summed E-state index contributed by atoms with van der Waals surface area (Å²) >= 11 is 5.92. The highest BCUT2D eigenvalue weighted by molar-refractivity contribution is 6.30. The van der Waals surface area contributed by atoms with E-state index in [9.17, 15) is 4.79 Å². The number of methoxy groups -OCH3 is 1. The van der Waals surface area contributed by atoms with Crippen molar-refractivity contribution in [2.24, 2.45) is 0 Å². The van der Waals surface area contributed by atoms with E-state index in [1.807, 2.05) is 60.7 Å². The van der Waals surface area contributed by atoms with Crippen LogP contribution in [0.3, 0.4) is 0 Å². The number of hydrogen-bond acceptors (Lipinski definition) is 5. The number of pyridine rings is 1. The quantitative estimate of drug-likeness (QED) is 0.477. The number of aromatic nitrogens is 4. The van der Waals surface area contributed by atoms with Crippen molar-refractivity contribution < 1.29 is 9.53 Å². The van der Waals surface area contributed by atoms with Crippen molar-refractivity contribution in [3.63, 3.8) is 0 Å². The number of amides is 1. The largest absolute Gasteiger partial charge is 0.497 e. The molecule has 4 aromatic rings. The SMILES string of the molecule is COc1ccc(-n2nnc(C(=O)NCCc3ccc(Cl)cc3)c2-c2cccnc2)cc1. The fraction of sp³-hybridized carbons (Fsp3) is 0.130. The summed E-state index contributed by atoms with van der Waals surface area (Å²) in [6, 6.07) is 18.6. The minimum atomic E-state index is -0.299. The number of halogens is 1. The van der Waals surface area contributed by atoms with Crippen LogP contribution in [0.1, 0.15) is 16.1 Å². The zero-order valence-electron chi connectivity index (χ0n) is 16.8. The summed E-state index contributed by atoms with van der Waals surface area (Å²) in [5.41, 5.74) is 3.39. The van der Waals surface area contributed by atoms with Crippen LogP contribution in [-0.2, 0) is 6.42 Å². The summed E-state index contributed by atoms with van der Waals surface area (Å²) in [4.78, 5) is 17.1. The predicted octanol–water partition coefficient (Wildman–Crippen LogP) is 3.96. The lowest BCUT2D eigenvalue weighted by Gasteiger charge is -2.09. The van der Waals surface area contributed by atoms with Gasteiger partial charge in [-0.25, -0.2) is 4.68 Å². The summed E-state index contributed by atoms with van der Waals surface area (Å²) in [5, 5.41) is 12.0. The van der Waals surface area contributed by atoms with Gasteiger partial charge < -0.3 is 10.1 Å². The molecule has 0 saturated carbocycles. The lowest BCUT2D eigenvalue weighted by atomic mass is 10.1. The Morgan fingerprint density at radius 1 is 1.10 bits per heavy atom. The minimum absolute atomic E-state index is 0.236. The number of hydrogen-bond donors (Lipinski definition) is 1. The zero-order valence-corrected chi connectivity index (χ0v) is 17.6. The van der Waals surface area contributed by atoms with Crippen molar-refractivity contribution >= 4 is 17.5 Å². The highest BCUT2D eigenvalue weighted by atomic mass is 35.5. The second-order valence-corrected chi connectivity index (χ2v) is 7.21. The highest BCUT2D eigenvalue weighted by Gasteiger charge is 2.22. The van der Waals surface area contributed by atoms with Crippen LogP contribution in [0.15, 0.2) is 73.1 Å². The Balaban J connectivity index is 1.59. The van der Waals surface area contributed by atoms with E-state index in [1.165, 1.54) is 0 Å². The second kappa shape index (κ2) is 9.40. The van der Waals surface area contributed by atoms with Crippen LogP contribution in [0.2, 0.25) is 5.02 Å². The minimum Gasteiger partial charge on any atom is -0.497 e. The van der Waals surface area contributed by atoms with E-state index in [-0.39, 0.29) is 11.6 Å². The second-order valence-electron chi connectivity index (χ2n) is 6.77. The molecule has 8 heteroatoms. The van der Waals surface area contributed by atoms with Crippen molar-refractivity contribution in [3.8, 4) is 22.7 Å². The maximum atomic E-state index is 12.9. The van der Waals surface area contributed by atoms with Gasteiger partial charge in [0.2, 0.25) is 0 Å². The molecule has 2 aromatic carbocycles. The number of nitrogens with one attached hydrogen (secondary N) is 1. The molecule has 156 valence electrons. The van der Waals surface area contributed by atoms with E-state index in [0.717, 1.165) is 22.6 Å². The van der Waals surface area contributed by atoms with Gasteiger partial charge in [-0.1, -0.05) is 28.9 Å². The van der Waals surface area contributed by atoms with E-state index in [2.05, 4.69) is 20.6 Å². The van der Waals surface area contributed by atoms with Crippen molar-refractivity contribution in [3.05, 3.63) is 89.3 Å². The first-order valence-corrected chi connectivity index (χ1v) is 10.1. The molecule has 0 aliphatic carbocycles. The van der Waals surface area contributed by atoms with Crippen LogP contribution in [-0.4, -0.2) is 39.5 Å². The van der Waals surface area contributed by atoms with Gasteiger partial charge >= 0.3 is 0 Å². The Hall–Kier alpha value is -3.71. The van der Waals surface area contributed by atoms with Crippen molar-refractivity contribution in [1.82, 2.24) is 25.3 Å². The molecule has 0 aliphatic rings. The summed E-state index contributed by atoms with van der Waals surface area (Å²) in [6.45, 7) is 0.461. The zero-order chi connectivity index (χ0) is 21.6. The molecule has 0 unspecified atom stereocenters. The maximum Gasteiger partial charge on any atom is 0.274 e. The van der Waals surface area contributed by atoms with E-state index in [1.54, 1.807) is 24.2 Å². The van der Waals surface area contributed by atoms with E-state index < -0.39 is 0 Å². The molecule has 0 atom stereocenters. The van der Waals surface area contributed by atoms with Crippen LogP contribution in [0.5, 0.6) is 5.75 Å². The summed E-state index contributed by atoms with van der Waals surface area (Å²) < 4.78 is 6.85. The molecule has 0 fully saturated rings. The average molecular weight is 434 g/mol. The molecule has 0 saturated heterocycles. The van der Waals surface area contributed by atoms with E-state index in [4.69, 9.17) is 16.3 Å². The molecule has 0 aliphatic heterocycles. The molecule has 2 aromatic heterocycles. The van der Waals surface area contributed by atoms with Gasteiger partial charge in [0.05, 0.1) is 12.8 Å². The lowest BCUT2D eigenvalue weighted by Crippen LogP contribution is -2.26. The number of carbonyl (C=O) groups excluding carboxylic acids is 1. The Labute approximate surface area is 184 Å². The number of rotatable bonds is 7. The highest BCUT2D eigenvalue weighted by Crippen LogP contribution is 2.25. The van der Waals surface area contributed by atoms with Crippen LogP contribution in [0.4, 0.5) is 0 Å². The average Bonchev–Trinajstić information content (AvgIpc) is 3.26. The number of benzene rings is 2. The number of carbonyl (C=O) groups is 1. The first kappa shape index (κ1) is 20.6. The Bertz CT molecular complexity index is 1160. The predicted molar refractivity (Wildman–Crippen MR) is 119 cm³/mol. The molecule has 7 nitrogen and oxygen atoms in total. The third kappa shape index (κ3) is 4.73. The maximum absolute atomic E-state index is 12.9. The topological polar surface area (TPSA) is 81.9 Å². The molecular weight excluding hydrogens is 414 g/mol.